The van der Waals surface area contributed by atoms with Crippen molar-refractivity contribution in [3.05, 3.63) is 28.3 Å². The number of rotatable bonds is 1. The number of hydrogen-bond acceptors (Lipinski definition) is 4. The summed E-state index contributed by atoms with van der Waals surface area (Å²) < 4.78 is 0. The fourth-order valence-electron chi connectivity index (χ4n) is 1.46. The molecule has 14 heavy (non-hydrogen) atoms. The van der Waals surface area contributed by atoms with Gasteiger partial charge in [0.15, 0.2) is 0 Å². The normalized spacial score (nSPS) is 19.6. The van der Waals surface area contributed by atoms with Crippen molar-refractivity contribution in [3.8, 4) is 0 Å². The first kappa shape index (κ1) is 9.33. The Labute approximate surface area is 86.1 Å². The topological polar surface area (TPSA) is 46.4 Å². The molecule has 5 heteroatoms. The molecule has 1 atom stereocenters. The third kappa shape index (κ3) is 1.33. The molecule has 74 valence electrons. The van der Waals surface area contributed by atoms with E-state index in [0.717, 1.165) is 10.6 Å². The summed E-state index contributed by atoms with van der Waals surface area (Å²) in [5.74, 6) is 0. The zero-order valence-corrected chi connectivity index (χ0v) is 8.75. The van der Waals surface area contributed by atoms with Crippen LogP contribution in [0.2, 0.25) is 0 Å². The number of nitrogens with zero attached hydrogens (tertiary/aromatic N) is 2. The van der Waals surface area contributed by atoms with Gasteiger partial charge in [-0.05, 0) is 13.0 Å². The second-order valence-corrected chi connectivity index (χ2v) is 4.59. The number of nitro groups is 1. The van der Waals surface area contributed by atoms with E-state index in [4.69, 9.17) is 0 Å². The molecule has 0 fully saturated rings. The molecule has 2 rings (SSSR count). The van der Waals surface area contributed by atoms with Crippen LogP contribution in [0.4, 0.5) is 11.4 Å². The van der Waals surface area contributed by atoms with Gasteiger partial charge in [-0.2, -0.15) is 0 Å². The van der Waals surface area contributed by atoms with Crippen molar-refractivity contribution in [2.45, 2.75) is 17.2 Å². The van der Waals surface area contributed by atoms with Crippen molar-refractivity contribution in [2.75, 3.05) is 11.9 Å². The predicted molar refractivity (Wildman–Crippen MR) is 56.8 cm³/mol. The Morgan fingerprint density at radius 1 is 1.57 bits per heavy atom. The second-order valence-electron chi connectivity index (χ2n) is 3.24. The number of non-ortho nitro benzene ring substituents is 1. The van der Waals surface area contributed by atoms with Gasteiger partial charge in [0.25, 0.3) is 5.69 Å². The smallest absolute Gasteiger partial charge is 0.270 e. The number of benzene rings is 1. The minimum atomic E-state index is -0.357. The van der Waals surface area contributed by atoms with E-state index in [-0.39, 0.29) is 10.6 Å². The standard InChI is InChI=1S/C9H10N2O2S/c1-6-10(2)8-4-3-7(11(12)13)5-9(8)14-6/h3-6H,1-2H3. The largest absolute Gasteiger partial charge is 0.362 e. The Balaban J connectivity index is 2.44. The van der Waals surface area contributed by atoms with Crippen molar-refractivity contribution >= 4 is 23.1 Å². The average molecular weight is 210 g/mol. The quantitative estimate of drug-likeness (QED) is 0.527. The van der Waals surface area contributed by atoms with Gasteiger partial charge in [-0.15, -0.1) is 0 Å². The Morgan fingerprint density at radius 2 is 2.29 bits per heavy atom. The molecule has 0 bridgehead atoms. The zero-order valence-electron chi connectivity index (χ0n) is 7.93. The van der Waals surface area contributed by atoms with Crippen molar-refractivity contribution in [2.24, 2.45) is 0 Å². The molecule has 0 saturated heterocycles. The van der Waals surface area contributed by atoms with Crippen molar-refractivity contribution in [1.82, 2.24) is 0 Å². The van der Waals surface area contributed by atoms with Gasteiger partial charge in [-0.3, -0.25) is 10.1 Å². The van der Waals surface area contributed by atoms with Gasteiger partial charge in [-0.25, -0.2) is 0 Å². The summed E-state index contributed by atoms with van der Waals surface area (Å²) in [6.07, 6.45) is 0. The first-order chi connectivity index (χ1) is 6.59. The maximum atomic E-state index is 10.5. The van der Waals surface area contributed by atoms with Crippen LogP contribution in [0, 0.1) is 10.1 Å². The third-order valence-electron chi connectivity index (χ3n) is 2.38. The summed E-state index contributed by atoms with van der Waals surface area (Å²) in [6, 6.07) is 5.00. The Hall–Kier alpha value is -1.23. The summed E-state index contributed by atoms with van der Waals surface area (Å²) in [5, 5.41) is 10.9. The lowest BCUT2D eigenvalue weighted by Gasteiger charge is -2.16. The first-order valence-corrected chi connectivity index (χ1v) is 5.15. The Kier molecular flexibility index (Phi) is 2.11. The highest BCUT2D eigenvalue weighted by Crippen LogP contribution is 2.43. The van der Waals surface area contributed by atoms with Crippen molar-refractivity contribution < 1.29 is 4.92 Å². The minimum absolute atomic E-state index is 0.166. The van der Waals surface area contributed by atoms with Gasteiger partial charge in [0.1, 0.15) is 0 Å². The average Bonchev–Trinajstić information content (AvgIpc) is 2.42. The summed E-state index contributed by atoms with van der Waals surface area (Å²) in [4.78, 5) is 13.3. The van der Waals surface area contributed by atoms with E-state index in [9.17, 15) is 10.1 Å². The molecule has 0 saturated carbocycles. The predicted octanol–water partition coefficient (Wildman–Crippen LogP) is 2.48. The van der Waals surface area contributed by atoms with Crippen LogP contribution < -0.4 is 4.90 Å². The monoisotopic (exact) mass is 210 g/mol. The molecule has 1 heterocycles. The number of anilines is 1. The number of fused-ring (bicyclic) bond motifs is 1. The van der Waals surface area contributed by atoms with Crippen LogP contribution in [0.25, 0.3) is 0 Å². The zero-order chi connectivity index (χ0) is 10.3. The molecule has 0 N–H and O–H groups in total. The molecule has 0 amide bonds. The van der Waals surface area contributed by atoms with Crippen LogP contribution in [0.5, 0.6) is 0 Å². The van der Waals surface area contributed by atoms with Gasteiger partial charge in [0.05, 0.1) is 16.0 Å². The SMILES string of the molecule is CC1Sc2cc([N+](=O)[O-])ccc2N1C. The van der Waals surface area contributed by atoms with Crippen LogP contribution in [-0.2, 0) is 0 Å². The lowest BCUT2D eigenvalue weighted by molar-refractivity contribution is -0.385. The highest BCUT2D eigenvalue weighted by atomic mass is 32.2. The number of nitro benzene ring substituents is 1. The van der Waals surface area contributed by atoms with E-state index in [1.807, 2.05) is 13.1 Å². The summed E-state index contributed by atoms with van der Waals surface area (Å²) in [7, 11) is 2.00. The van der Waals surface area contributed by atoms with E-state index >= 15 is 0 Å². The first-order valence-electron chi connectivity index (χ1n) is 4.27. The summed E-state index contributed by atoms with van der Waals surface area (Å²) >= 11 is 1.65. The maximum absolute atomic E-state index is 10.5. The number of hydrogen-bond donors (Lipinski definition) is 0. The molecule has 1 unspecified atom stereocenters. The summed E-state index contributed by atoms with van der Waals surface area (Å²) in [6.45, 7) is 2.08. The van der Waals surface area contributed by atoms with Crippen LogP contribution in [0.1, 0.15) is 6.92 Å². The molecule has 1 aromatic carbocycles. The molecule has 0 radical (unpaired) electrons. The summed E-state index contributed by atoms with van der Waals surface area (Å²) in [5.41, 5.74) is 1.24. The van der Waals surface area contributed by atoms with Crippen LogP contribution in [0.15, 0.2) is 23.1 Å². The Morgan fingerprint density at radius 3 is 2.93 bits per heavy atom. The second kappa shape index (κ2) is 3.16. The van der Waals surface area contributed by atoms with Gasteiger partial charge in [0.2, 0.25) is 0 Å². The number of thioether (sulfide) groups is 1. The van der Waals surface area contributed by atoms with E-state index < -0.39 is 0 Å². The molecule has 1 aromatic rings. The molecule has 4 nitrogen and oxygen atoms in total. The van der Waals surface area contributed by atoms with E-state index in [1.54, 1.807) is 23.9 Å². The molecule has 0 aliphatic carbocycles. The Bertz CT molecular complexity index is 394. The maximum Gasteiger partial charge on any atom is 0.270 e. The lowest BCUT2D eigenvalue weighted by Crippen LogP contribution is -2.20. The van der Waals surface area contributed by atoms with Gasteiger partial charge in [-0.1, -0.05) is 11.8 Å². The van der Waals surface area contributed by atoms with Crippen LogP contribution >= 0.6 is 11.8 Å². The molecule has 0 spiro atoms. The molecular weight excluding hydrogens is 200 g/mol. The lowest BCUT2D eigenvalue weighted by atomic mass is 10.2. The molecule has 1 aliphatic rings. The fraction of sp³-hybridized carbons (Fsp3) is 0.333. The van der Waals surface area contributed by atoms with Crippen LogP contribution in [0.3, 0.4) is 0 Å². The van der Waals surface area contributed by atoms with E-state index in [0.29, 0.717) is 5.37 Å². The van der Waals surface area contributed by atoms with Gasteiger partial charge < -0.3 is 4.90 Å². The minimum Gasteiger partial charge on any atom is -0.362 e. The third-order valence-corrected chi connectivity index (χ3v) is 3.62. The van der Waals surface area contributed by atoms with Crippen LogP contribution in [-0.4, -0.2) is 17.3 Å². The van der Waals surface area contributed by atoms with Gasteiger partial charge in [0, 0.05) is 24.1 Å². The molecule has 0 aromatic heterocycles. The molecule has 1 aliphatic heterocycles. The van der Waals surface area contributed by atoms with E-state index in [2.05, 4.69) is 11.8 Å². The molecular formula is C9H10N2O2S. The highest BCUT2D eigenvalue weighted by Gasteiger charge is 2.25. The van der Waals surface area contributed by atoms with Gasteiger partial charge >= 0.3 is 0 Å². The fourth-order valence-corrected chi connectivity index (χ4v) is 2.62. The van der Waals surface area contributed by atoms with Crippen molar-refractivity contribution in [3.63, 3.8) is 0 Å². The highest BCUT2D eigenvalue weighted by molar-refractivity contribution is 8.00. The van der Waals surface area contributed by atoms with E-state index in [1.165, 1.54) is 0 Å². The van der Waals surface area contributed by atoms with Crippen molar-refractivity contribution in [1.29, 1.82) is 0 Å².